The largest absolute Gasteiger partial charge is 0.314 e. The maximum atomic E-state index is 13.8. The molecule has 1 N–H and O–H groups in total. The van der Waals surface area contributed by atoms with E-state index in [1.54, 1.807) is 0 Å². The summed E-state index contributed by atoms with van der Waals surface area (Å²) in [5.74, 6) is -1.03. The normalized spacial score (nSPS) is 17.2. The molecule has 94 valence electrons. The summed E-state index contributed by atoms with van der Waals surface area (Å²) in [6, 6.07) is 3.36. The smallest absolute Gasteiger partial charge is 0.143 e. The molecule has 0 spiro atoms. The third-order valence-electron chi connectivity index (χ3n) is 3.16. The lowest BCUT2D eigenvalue weighted by molar-refractivity contribution is 0.506. The standard InChI is InChI=1S/C13H16BrF2N/c1-8(6-7-17-9-2-3-9)12-11(15)5-4-10(14)13(12)16/h4-5,8-9,17H,2-3,6-7H2,1H3. The molecule has 1 aliphatic rings. The quantitative estimate of drug-likeness (QED) is 0.812. The second-order valence-electron chi connectivity index (χ2n) is 4.67. The van der Waals surface area contributed by atoms with E-state index in [4.69, 9.17) is 0 Å². The summed E-state index contributed by atoms with van der Waals surface area (Å²) in [5.41, 5.74) is 0.192. The lowest BCUT2D eigenvalue weighted by Crippen LogP contribution is -2.19. The van der Waals surface area contributed by atoms with Crippen molar-refractivity contribution in [2.24, 2.45) is 0 Å². The maximum Gasteiger partial charge on any atom is 0.143 e. The van der Waals surface area contributed by atoms with Crippen LogP contribution in [0.5, 0.6) is 0 Å². The monoisotopic (exact) mass is 303 g/mol. The maximum absolute atomic E-state index is 13.8. The van der Waals surface area contributed by atoms with E-state index in [-0.39, 0.29) is 11.5 Å². The molecule has 0 saturated heterocycles. The Morgan fingerprint density at radius 1 is 1.41 bits per heavy atom. The average molecular weight is 304 g/mol. The first-order chi connectivity index (χ1) is 8.09. The molecular formula is C13H16BrF2N. The number of hydrogen-bond acceptors (Lipinski definition) is 1. The van der Waals surface area contributed by atoms with Crippen LogP contribution in [-0.2, 0) is 0 Å². The Hall–Kier alpha value is -0.480. The van der Waals surface area contributed by atoms with Gasteiger partial charge in [0.05, 0.1) is 4.47 Å². The van der Waals surface area contributed by atoms with E-state index < -0.39 is 11.6 Å². The number of nitrogens with one attached hydrogen (secondary N) is 1. The van der Waals surface area contributed by atoms with Gasteiger partial charge in [-0.05, 0) is 59.8 Å². The summed E-state index contributed by atoms with van der Waals surface area (Å²) in [5, 5.41) is 3.35. The van der Waals surface area contributed by atoms with Crippen molar-refractivity contribution in [3.05, 3.63) is 33.8 Å². The molecule has 1 nitrogen and oxygen atoms in total. The van der Waals surface area contributed by atoms with E-state index in [1.165, 1.54) is 25.0 Å². The average Bonchev–Trinajstić information content (AvgIpc) is 3.08. The number of rotatable bonds is 5. The lowest BCUT2D eigenvalue weighted by Gasteiger charge is -2.15. The molecule has 1 aromatic rings. The van der Waals surface area contributed by atoms with E-state index in [2.05, 4.69) is 21.2 Å². The van der Waals surface area contributed by atoms with Gasteiger partial charge in [0.1, 0.15) is 11.6 Å². The fraction of sp³-hybridized carbons (Fsp3) is 0.538. The van der Waals surface area contributed by atoms with Crippen LogP contribution in [0.3, 0.4) is 0 Å². The van der Waals surface area contributed by atoms with E-state index in [1.807, 2.05) is 6.92 Å². The minimum atomic E-state index is -0.469. The molecule has 17 heavy (non-hydrogen) atoms. The molecule has 0 radical (unpaired) electrons. The van der Waals surface area contributed by atoms with Gasteiger partial charge in [0, 0.05) is 11.6 Å². The molecule has 4 heteroatoms. The van der Waals surface area contributed by atoms with Crippen LogP contribution in [0, 0.1) is 11.6 Å². The van der Waals surface area contributed by atoms with Gasteiger partial charge in [-0.2, -0.15) is 0 Å². The third-order valence-corrected chi connectivity index (χ3v) is 3.77. The SMILES string of the molecule is CC(CCNC1CC1)c1c(F)ccc(Br)c1F. The predicted molar refractivity (Wildman–Crippen MR) is 68.1 cm³/mol. The highest BCUT2D eigenvalue weighted by Gasteiger charge is 2.22. The second kappa shape index (κ2) is 5.44. The van der Waals surface area contributed by atoms with Gasteiger partial charge in [0.15, 0.2) is 0 Å². The van der Waals surface area contributed by atoms with Crippen LogP contribution >= 0.6 is 15.9 Å². The fourth-order valence-electron chi connectivity index (χ4n) is 1.93. The fourth-order valence-corrected chi connectivity index (χ4v) is 2.28. The highest BCUT2D eigenvalue weighted by atomic mass is 79.9. The Morgan fingerprint density at radius 3 is 2.76 bits per heavy atom. The van der Waals surface area contributed by atoms with Gasteiger partial charge in [-0.3, -0.25) is 0 Å². The molecular weight excluding hydrogens is 288 g/mol. The van der Waals surface area contributed by atoms with Crippen molar-refractivity contribution in [3.8, 4) is 0 Å². The third kappa shape index (κ3) is 3.26. The molecule has 0 aliphatic heterocycles. The Labute approximate surface area is 109 Å². The Bertz CT molecular complexity index is 405. The Balaban J connectivity index is 2.01. The molecule has 0 bridgehead atoms. The van der Waals surface area contributed by atoms with Crippen molar-refractivity contribution < 1.29 is 8.78 Å². The van der Waals surface area contributed by atoms with Gasteiger partial charge in [-0.1, -0.05) is 6.92 Å². The zero-order valence-corrected chi connectivity index (χ0v) is 11.4. The van der Waals surface area contributed by atoms with Crippen molar-refractivity contribution in [3.63, 3.8) is 0 Å². The highest BCUT2D eigenvalue weighted by molar-refractivity contribution is 9.10. The number of halogens is 3. The van der Waals surface area contributed by atoms with Crippen LogP contribution in [-0.4, -0.2) is 12.6 Å². The van der Waals surface area contributed by atoms with Crippen molar-refractivity contribution in [1.82, 2.24) is 5.32 Å². The molecule has 1 aliphatic carbocycles. The second-order valence-corrected chi connectivity index (χ2v) is 5.53. The van der Waals surface area contributed by atoms with Gasteiger partial charge in [-0.15, -0.1) is 0 Å². The van der Waals surface area contributed by atoms with Crippen molar-refractivity contribution >= 4 is 15.9 Å². The minimum Gasteiger partial charge on any atom is -0.314 e. The lowest BCUT2D eigenvalue weighted by atomic mass is 9.96. The Morgan fingerprint density at radius 2 is 2.12 bits per heavy atom. The zero-order valence-electron chi connectivity index (χ0n) is 9.77. The van der Waals surface area contributed by atoms with Gasteiger partial charge in [0.2, 0.25) is 0 Å². The van der Waals surface area contributed by atoms with Crippen LogP contribution in [0.2, 0.25) is 0 Å². The molecule has 1 saturated carbocycles. The first-order valence-corrected chi connectivity index (χ1v) is 6.75. The summed E-state index contributed by atoms with van der Waals surface area (Å²) in [6.07, 6.45) is 3.21. The van der Waals surface area contributed by atoms with Crippen LogP contribution < -0.4 is 5.32 Å². The Kier molecular flexibility index (Phi) is 4.15. The summed E-state index contributed by atoms with van der Waals surface area (Å²) in [7, 11) is 0. The molecule has 1 unspecified atom stereocenters. The van der Waals surface area contributed by atoms with Crippen molar-refractivity contribution in [2.75, 3.05) is 6.54 Å². The molecule has 1 atom stereocenters. The molecule has 1 fully saturated rings. The summed E-state index contributed by atoms with van der Waals surface area (Å²) >= 11 is 3.09. The van der Waals surface area contributed by atoms with Crippen LogP contribution in [0.4, 0.5) is 8.78 Å². The van der Waals surface area contributed by atoms with E-state index in [0.717, 1.165) is 13.0 Å². The van der Waals surface area contributed by atoms with Crippen LogP contribution in [0.1, 0.15) is 37.7 Å². The first-order valence-electron chi connectivity index (χ1n) is 5.96. The van der Waals surface area contributed by atoms with Gasteiger partial charge in [-0.25, -0.2) is 8.78 Å². The van der Waals surface area contributed by atoms with Crippen molar-refractivity contribution in [2.45, 2.75) is 38.1 Å². The topological polar surface area (TPSA) is 12.0 Å². The first kappa shape index (κ1) is 13.0. The van der Waals surface area contributed by atoms with Crippen LogP contribution in [0.15, 0.2) is 16.6 Å². The molecule has 0 aromatic heterocycles. The molecule has 0 amide bonds. The van der Waals surface area contributed by atoms with Gasteiger partial charge < -0.3 is 5.32 Å². The van der Waals surface area contributed by atoms with Gasteiger partial charge in [0.25, 0.3) is 0 Å². The summed E-state index contributed by atoms with van der Waals surface area (Å²) < 4.78 is 27.7. The van der Waals surface area contributed by atoms with Crippen molar-refractivity contribution in [1.29, 1.82) is 0 Å². The molecule has 2 rings (SSSR count). The predicted octanol–water partition coefficient (Wildman–Crippen LogP) is 3.97. The number of benzene rings is 1. The molecule has 1 aromatic carbocycles. The summed E-state index contributed by atoms with van der Waals surface area (Å²) in [4.78, 5) is 0. The van der Waals surface area contributed by atoms with Gasteiger partial charge >= 0.3 is 0 Å². The summed E-state index contributed by atoms with van der Waals surface area (Å²) in [6.45, 7) is 2.68. The van der Waals surface area contributed by atoms with E-state index in [9.17, 15) is 8.78 Å². The van der Waals surface area contributed by atoms with E-state index in [0.29, 0.717) is 10.5 Å². The highest BCUT2D eigenvalue weighted by Crippen LogP contribution is 2.29. The number of hydrogen-bond donors (Lipinski definition) is 1. The molecule has 0 heterocycles. The van der Waals surface area contributed by atoms with Crippen LogP contribution in [0.25, 0.3) is 0 Å². The van der Waals surface area contributed by atoms with E-state index >= 15 is 0 Å². The zero-order chi connectivity index (χ0) is 12.4. The minimum absolute atomic E-state index is 0.112.